The Morgan fingerprint density at radius 3 is 2.82 bits per heavy atom. The molecule has 1 saturated carbocycles. The van der Waals surface area contributed by atoms with Crippen molar-refractivity contribution in [3.8, 4) is 11.5 Å². The molecule has 0 bridgehead atoms. The van der Waals surface area contributed by atoms with Gasteiger partial charge in [0.05, 0.1) is 10.7 Å². The summed E-state index contributed by atoms with van der Waals surface area (Å²) in [5.41, 5.74) is 2.91. The average Bonchev–Trinajstić information content (AvgIpc) is 3.28. The number of carbonyl (C=O) groups excluding carboxylic acids is 1. The number of oxazole rings is 1. The molecule has 1 N–H and O–H groups in total. The summed E-state index contributed by atoms with van der Waals surface area (Å²) in [6, 6.07) is 13.0. The number of amides is 1. The van der Waals surface area contributed by atoms with Gasteiger partial charge in [0.2, 0.25) is 11.8 Å². The monoisotopic (exact) mass is 312 g/mol. The number of rotatable bonds is 3. The van der Waals surface area contributed by atoms with Crippen LogP contribution in [0.3, 0.4) is 0 Å². The number of nitrogens with one attached hydrogen (secondary N) is 1. The first-order valence-corrected chi connectivity index (χ1v) is 7.55. The van der Waals surface area contributed by atoms with Crippen LogP contribution >= 0.6 is 11.6 Å². The van der Waals surface area contributed by atoms with Crippen LogP contribution in [0.2, 0.25) is 5.02 Å². The molecule has 0 radical (unpaired) electrons. The highest BCUT2D eigenvalue weighted by Crippen LogP contribution is 2.34. The van der Waals surface area contributed by atoms with Gasteiger partial charge in [0, 0.05) is 11.5 Å². The minimum atomic E-state index is 0.0246. The fourth-order valence-electron chi connectivity index (χ4n) is 2.33. The molecule has 5 heteroatoms. The lowest BCUT2D eigenvalue weighted by Gasteiger charge is -2.07. The summed E-state index contributed by atoms with van der Waals surface area (Å²) in [5.74, 6) is 0.667. The van der Waals surface area contributed by atoms with Crippen molar-refractivity contribution in [1.82, 2.24) is 4.98 Å². The fourth-order valence-corrected chi connectivity index (χ4v) is 2.49. The molecule has 1 fully saturated rings. The van der Waals surface area contributed by atoms with E-state index in [4.69, 9.17) is 16.0 Å². The summed E-state index contributed by atoms with van der Waals surface area (Å²) < 4.78 is 5.75. The molecule has 0 spiro atoms. The zero-order valence-electron chi connectivity index (χ0n) is 11.7. The van der Waals surface area contributed by atoms with E-state index in [0.29, 0.717) is 16.6 Å². The van der Waals surface area contributed by atoms with Crippen LogP contribution in [0.5, 0.6) is 0 Å². The summed E-state index contributed by atoms with van der Waals surface area (Å²) in [4.78, 5) is 16.4. The van der Waals surface area contributed by atoms with Gasteiger partial charge in [-0.05, 0) is 43.2 Å². The van der Waals surface area contributed by atoms with E-state index in [1.165, 1.54) is 0 Å². The predicted molar refractivity (Wildman–Crippen MR) is 85.8 cm³/mol. The number of anilines is 1. The zero-order valence-corrected chi connectivity index (χ0v) is 12.4. The number of hydrogen-bond donors (Lipinski definition) is 1. The van der Waals surface area contributed by atoms with Gasteiger partial charge in [0.25, 0.3) is 0 Å². The Hall–Kier alpha value is -2.33. The van der Waals surface area contributed by atoms with Crippen molar-refractivity contribution in [1.29, 1.82) is 0 Å². The van der Waals surface area contributed by atoms with E-state index >= 15 is 0 Å². The van der Waals surface area contributed by atoms with Crippen LogP contribution in [0.25, 0.3) is 22.6 Å². The molecule has 1 aliphatic carbocycles. The molecular weight excluding hydrogens is 300 g/mol. The van der Waals surface area contributed by atoms with Gasteiger partial charge < -0.3 is 9.73 Å². The molecule has 3 aromatic rings. The quantitative estimate of drug-likeness (QED) is 0.775. The Labute approximate surface area is 132 Å². The minimum absolute atomic E-state index is 0.0246. The van der Waals surface area contributed by atoms with Gasteiger partial charge >= 0.3 is 0 Å². The van der Waals surface area contributed by atoms with Crippen molar-refractivity contribution in [3.05, 3.63) is 47.5 Å². The first kappa shape index (κ1) is 13.3. The summed E-state index contributed by atoms with van der Waals surface area (Å²) >= 11 is 6.17. The standard InChI is InChI=1S/C17H13ClN2O2/c18-12-8-7-11(9-14(12)19-16(21)10-5-6-10)17-20-13-3-1-2-4-15(13)22-17/h1-4,7-10H,5-6H2,(H,19,21). The van der Waals surface area contributed by atoms with Crippen molar-refractivity contribution >= 4 is 34.3 Å². The van der Waals surface area contributed by atoms with Crippen molar-refractivity contribution in [2.45, 2.75) is 12.8 Å². The molecule has 2 aromatic carbocycles. The molecule has 1 aromatic heterocycles. The maximum atomic E-state index is 11.9. The molecule has 1 heterocycles. The van der Waals surface area contributed by atoms with Crippen molar-refractivity contribution in [2.24, 2.45) is 5.92 Å². The molecule has 1 amide bonds. The van der Waals surface area contributed by atoms with E-state index in [1.54, 1.807) is 12.1 Å². The van der Waals surface area contributed by atoms with Crippen LogP contribution in [-0.4, -0.2) is 10.9 Å². The fraction of sp³-hybridized carbons (Fsp3) is 0.176. The second-order valence-corrected chi connectivity index (χ2v) is 5.85. The summed E-state index contributed by atoms with van der Waals surface area (Å²) in [6.45, 7) is 0. The Kier molecular flexibility index (Phi) is 3.12. The lowest BCUT2D eigenvalue weighted by Crippen LogP contribution is -2.13. The van der Waals surface area contributed by atoms with Gasteiger partial charge in [-0.3, -0.25) is 4.79 Å². The number of fused-ring (bicyclic) bond motifs is 1. The number of benzene rings is 2. The maximum absolute atomic E-state index is 11.9. The predicted octanol–water partition coefficient (Wildman–Crippen LogP) is 4.50. The van der Waals surface area contributed by atoms with Gasteiger partial charge in [-0.2, -0.15) is 0 Å². The molecule has 22 heavy (non-hydrogen) atoms. The molecule has 0 atom stereocenters. The van der Waals surface area contributed by atoms with Gasteiger partial charge in [0.15, 0.2) is 5.58 Å². The van der Waals surface area contributed by atoms with E-state index < -0.39 is 0 Å². The first-order chi connectivity index (χ1) is 10.7. The second-order valence-electron chi connectivity index (χ2n) is 5.44. The van der Waals surface area contributed by atoms with Crippen molar-refractivity contribution in [2.75, 3.05) is 5.32 Å². The highest BCUT2D eigenvalue weighted by atomic mass is 35.5. The van der Waals surface area contributed by atoms with E-state index in [9.17, 15) is 4.79 Å². The lowest BCUT2D eigenvalue weighted by molar-refractivity contribution is -0.117. The van der Waals surface area contributed by atoms with Crippen LogP contribution in [0.4, 0.5) is 5.69 Å². The second kappa shape index (κ2) is 5.14. The third-order valence-electron chi connectivity index (χ3n) is 3.71. The summed E-state index contributed by atoms with van der Waals surface area (Å²) in [6.07, 6.45) is 1.91. The van der Waals surface area contributed by atoms with Crippen LogP contribution in [0.1, 0.15) is 12.8 Å². The lowest BCUT2D eigenvalue weighted by atomic mass is 10.2. The molecule has 0 saturated heterocycles. The molecule has 110 valence electrons. The number of halogens is 1. The first-order valence-electron chi connectivity index (χ1n) is 7.17. The minimum Gasteiger partial charge on any atom is -0.436 e. The van der Waals surface area contributed by atoms with Crippen LogP contribution in [0.15, 0.2) is 46.9 Å². The van der Waals surface area contributed by atoms with Gasteiger partial charge in [-0.1, -0.05) is 23.7 Å². The number of hydrogen-bond acceptors (Lipinski definition) is 3. The number of aromatic nitrogens is 1. The third kappa shape index (κ3) is 2.46. The molecule has 0 unspecified atom stereocenters. The number of nitrogens with zero attached hydrogens (tertiary/aromatic N) is 1. The van der Waals surface area contributed by atoms with Gasteiger partial charge in [-0.15, -0.1) is 0 Å². The Balaban J connectivity index is 1.70. The number of carbonyl (C=O) groups is 1. The SMILES string of the molecule is O=C(Nc1cc(-c2nc3ccccc3o2)ccc1Cl)C1CC1. The molecular formula is C17H13ClN2O2. The molecule has 0 aliphatic heterocycles. The highest BCUT2D eigenvalue weighted by Gasteiger charge is 2.30. The maximum Gasteiger partial charge on any atom is 0.227 e. The van der Waals surface area contributed by atoms with E-state index in [-0.39, 0.29) is 11.8 Å². The van der Waals surface area contributed by atoms with Crippen molar-refractivity contribution in [3.63, 3.8) is 0 Å². The summed E-state index contributed by atoms with van der Waals surface area (Å²) in [5, 5.41) is 3.38. The number of para-hydroxylation sites is 2. The van der Waals surface area contributed by atoms with Crippen LogP contribution < -0.4 is 5.32 Å². The molecule has 4 rings (SSSR count). The largest absolute Gasteiger partial charge is 0.436 e. The van der Waals surface area contributed by atoms with Gasteiger partial charge in [-0.25, -0.2) is 4.98 Å². The topological polar surface area (TPSA) is 55.1 Å². The van der Waals surface area contributed by atoms with E-state index in [2.05, 4.69) is 10.3 Å². The summed E-state index contributed by atoms with van der Waals surface area (Å²) in [7, 11) is 0. The van der Waals surface area contributed by atoms with E-state index in [1.807, 2.05) is 30.3 Å². The van der Waals surface area contributed by atoms with E-state index in [0.717, 1.165) is 29.5 Å². The highest BCUT2D eigenvalue weighted by molar-refractivity contribution is 6.33. The third-order valence-corrected chi connectivity index (χ3v) is 4.04. The molecule has 1 aliphatic rings. The van der Waals surface area contributed by atoms with Crippen LogP contribution in [0, 0.1) is 5.92 Å². The van der Waals surface area contributed by atoms with Crippen LogP contribution in [-0.2, 0) is 4.79 Å². The van der Waals surface area contributed by atoms with Crippen molar-refractivity contribution < 1.29 is 9.21 Å². The Bertz CT molecular complexity index is 835. The Morgan fingerprint density at radius 1 is 1.23 bits per heavy atom. The smallest absolute Gasteiger partial charge is 0.227 e. The average molecular weight is 313 g/mol. The zero-order chi connectivity index (χ0) is 15.1. The Morgan fingerprint density at radius 2 is 2.05 bits per heavy atom. The van der Waals surface area contributed by atoms with Gasteiger partial charge in [0.1, 0.15) is 5.52 Å². The molecule has 4 nitrogen and oxygen atoms in total. The normalized spacial score (nSPS) is 14.2.